The minimum atomic E-state index is -0.628. The minimum absolute atomic E-state index is 0.151. The van der Waals surface area contributed by atoms with Crippen LogP contribution >= 0.6 is 15.9 Å². The van der Waals surface area contributed by atoms with Crippen molar-refractivity contribution in [1.82, 2.24) is 9.38 Å². The van der Waals surface area contributed by atoms with E-state index in [0.29, 0.717) is 22.8 Å². The van der Waals surface area contributed by atoms with Crippen LogP contribution in [0.25, 0.3) is 5.65 Å². The summed E-state index contributed by atoms with van der Waals surface area (Å²) in [7, 11) is 2.91. The summed E-state index contributed by atoms with van der Waals surface area (Å²) in [5.41, 5.74) is 0.720. The molecule has 0 amide bonds. The maximum absolute atomic E-state index is 12.5. The summed E-state index contributed by atoms with van der Waals surface area (Å²) in [6.45, 7) is -0.151. The summed E-state index contributed by atoms with van der Waals surface area (Å²) in [6, 6.07) is 9.77. The molecule has 0 aliphatic carbocycles. The average Bonchev–Trinajstić information content (AvgIpc) is 2.65. The van der Waals surface area contributed by atoms with Gasteiger partial charge in [0.05, 0.1) is 19.9 Å². The Balaban J connectivity index is 1.86. The predicted octanol–water partition coefficient (Wildman–Crippen LogP) is 2.83. The van der Waals surface area contributed by atoms with Crippen molar-refractivity contribution in [2.45, 2.75) is 6.61 Å². The Bertz CT molecular complexity index is 1010. The number of carbonyl (C=O) groups excluding carboxylic acids is 1. The Morgan fingerprint density at radius 2 is 1.85 bits per heavy atom. The fraction of sp³-hybridized carbons (Fsp3) is 0.167. The fourth-order valence-electron chi connectivity index (χ4n) is 2.46. The molecule has 134 valence electrons. The van der Waals surface area contributed by atoms with Gasteiger partial charge in [0.15, 0.2) is 0 Å². The van der Waals surface area contributed by atoms with Crippen LogP contribution in [-0.4, -0.2) is 29.6 Å². The molecule has 0 bridgehead atoms. The second kappa shape index (κ2) is 7.57. The zero-order valence-corrected chi connectivity index (χ0v) is 15.6. The van der Waals surface area contributed by atoms with E-state index in [1.54, 1.807) is 36.5 Å². The highest BCUT2D eigenvalue weighted by Crippen LogP contribution is 2.29. The van der Waals surface area contributed by atoms with Crippen LogP contribution in [0.5, 0.6) is 11.5 Å². The second-order valence-electron chi connectivity index (χ2n) is 5.27. The highest BCUT2D eigenvalue weighted by molar-refractivity contribution is 9.10. The molecule has 3 rings (SSSR count). The van der Waals surface area contributed by atoms with E-state index in [-0.39, 0.29) is 17.7 Å². The lowest BCUT2D eigenvalue weighted by atomic mass is 10.2. The van der Waals surface area contributed by atoms with Crippen molar-refractivity contribution >= 4 is 27.5 Å². The summed E-state index contributed by atoms with van der Waals surface area (Å²) >= 11 is 3.31. The molecule has 0 saturated heterocycles. The molecule has 0 saturated carbocycles. The number of esters is 1. The summed E-state index contributed by atoms with van der Waals surface area (Å²) in [5, 5.41) is 0. The fourth-order valence-corrected chi connectivity index (χ4v) is 2.80. The lowest BCUT2D eigenvalue weighted by Crippen LogP contribution is -2.17. The SMILES string of the molecule is COc1cccc(OC)c1C(=O)OCc1cc(=O)n2cc(Br)ccc2n1. The van der Waals surface area contributed by atoms with Crippen LogP contribution < -0.4 is 15.0 Å². The number of hydrogen-bond acceptors (Lipinski definition) is 6. The number of halogens is 1. The second-order valence-corrected chi connectivity index (χ2v) is 6.19. The summed E-state index contributed by atoms with van der Waals surface area (Å²) in [6.07, 6.45) is 1.63. The quantitative estimate of drug-likeness (QED) is 0.592. The lowest BCUT2D eigenvalue weighted by molar-refractivity contribution is 0.0460. The number of carbonyl (C=O) groups is 1. The largest absolute Gasteiger partial charge is 0.496 e. The van der Waals surface area contributed by atoms with E-state index in [1.807, 2.05) is 0 Å². The van der Waals surface area contributed by atoms with Gasteiger partial charge in [-0.15, -0.1) is 0 Å². The molecular formula is C18H15BrN2O5. The first kappa shape index (κ1) is 17.9. The van der Waals surface area contributed by atoms with Crippen LogP contribution in [0.1, 0.15) is 16.1 Å². The van der Waals surface area contributed by atoms with E-state index >= 15 is 0 Å². The normalized spacial score (nSPS) is 10.6. The molecule has 2 heterocycles. The van der Waals surface area contributed by atoms with Gasteiger partial charge in [0.2, 0.25) is 0 Å². The molecule has 0 fully saturated rings. The first-order valence-electron chi connectivity index (χ1n) is 7.59. The third kappa shape index (κ3) is 3.55. The standard InChI is InChI=1S/C18H15BrN2O5/c1-24-13-4-3-5-14(25-2)17(13)18(23)26-10-12-8-16(22)21-9-11(19)6-7-15(21)20-12/h3-9H,10H2,1-2H3. The van der Waals surface area contributed by atoms with Crippen LogP contribution in [0, 0.1) is 0 Å². The van der Waals surface area contributed by atoms with Crippen molar-refractivity contribution in [2.75, 3.05) is 14.2 Å². The van der Waals surface area contributed by atoms with Crippen molar-refractivity contribution in [3.63, 3.8) is 0 Å². The van der Waals surface area contributed by atoms with Gasteiger partial charge >= 0.3 is 5.97 Å². The number of fused-ring (bicyclic) bond motifs is 1. The van der Waals surface area contributed by atoms with E-state index < -0.39 is 5.97 Å². The molecule has 0 atom stereocenters. The zero-order chi connectivity index (χ0) is 18.7. The summed E-state index contributed by atoms with van der Waals surface area (Å²) in [5.74, 6) is 0.0496. The molecule has 0 aliphatic rings. The maximum Gasteiger partial charge on any atom is 0.346 e. The van der Waals surface area contributed by atoms with Crippen LogP contribution in [0.4, 0.5) is 0 Å². The number of ether oxygens (including phenoxy) is 3. The average molecular weight is 419 g/mol. The predicted molar refractivity (Wildman–Crippen MR) is 97.8 cm³/mol. The Hall–Kier alpha value is -2.87. The molecule has 0 unspecified atom stereocenters. The third-order valence-corrected chi connectivity index (χ3v) is 4.13. The number of benzene rings is 1. The number of pyridine rings is 1. The van der Waals surface area contributed by atoms with Gasteiger partial charge in [-0.05, 0) is 40.2 Å². The molecule has 3 aromatic rings. The molecule has 1 aromatic carbocycles. The number of rotatable bonds is 5. The Labute approximate surface area is 157 Å². The number of hydrogen-bond donors (Lipinski definition) is 0. The zero-order valence-electron chi connectivity index (χ0n) is 14.1. The van der Waals surface area contributed by atoms with Gasteiger partial charge < -0.3 is 14.2 Å². The van der Waals surface area contributed by atoms with E-state index in [9.17, 15) is 9.59 Å². The van der Waals surface area contributed by atoms with Crippen LogP contribution in [0.3, 0.4) is 0 Å². The molecule has 2 aromatic heterocycles. The molecule has 8 heteroatoms. The van der Waals surface area contributed by atoms with Gasteiger partial charge in [-0.1, -0.05) is 6.07 Å². The van der Waals surface area contributed by atoms with Crippen LogP contribution in [-0.2, 0) is 11.3 Å². The molecule has 0 spiro atoms. The molecule has 0 radical (unpaired) electrons. The Kier molecular flexibility index (Phi) is 5.22. The van der Waals surface area contributed by atoms with Crippen LogP contribution in [0.15, 0.2) is 51.9 Å². The molecular weight excluding hydrogens is 404 g/mol. The molecule has 26 heavy (non-hydrogen) atoms. The summed E-state index contributed by atoms with van der Waals surface area (Å²) < 4.78 is 17.9. The van der Waals surface area contributed by atoms with Crippen molar-refractivity contribution in [2.24, 2.45) is 0 Å². The van der Waals surface area contributed by atoms with Crippen LogP contribution in [0.2, 0.25) is 0 Å². The number of aromatic nitrogens is 2. The van der Waals surface area contributed by atoms with Crippen molar-refractivity contribution < 1.29 is 19.0 Å². The van der Waals surface area contributed by atoms with E-state index in [2.05, 4.69) is 20.9 Å². The lowest BCUT2D eigenvalue weighted by Gasteiger charge is -2.12. The number of nitrogens with zero attached hydrogens (tertiary/aromatic N) is 2. The number of methoxy groups -OCH3 is 2. The van der Waals surface area contributed by atoms with Gasteiger partial charge in [0.25, 0.3) is 5.56 Å². The minimum Gasteiger partial charge on any atom is -0.496 e. The third-order valence-electron chi connectivity index (χ3n) is 3.66. The van der Waals surface area contributed by atoms with Gasteiger partial charge in [0.1, 0.15) is 29.3 Å². The van der Waals surface area contributed by atoms with Crippen molar-refractivity contribution in [3.05, 3.63) is 68.7 Å². The molecule has 0 aliphatic heterocycles. The Morgan fingerprint density at radius 1 is 1.15 bits per heavy atom. The summed E-state index contributed by atoms with van der Waals surface area (Å²) in [4.78, 5) is 29.0. The molecule has 0 N–H and O–H groups in total. The van der Waals surface area contributed by atoms with Gasteiger partial charge in [-0.2, -0.15) is 0 Å². The van der Waals surface area contributed by atoms with Gasteiger partial charge in [-0.25, -0.2) is 9.78 Å². The topological polar surface area (TPSA) is 79.1 Å². The van der Waals surface area contributed by atoms with E-state index in [0.717, 1.165) is 4.47 Å². The monoisotopic (exact) mass is 418 g/mol. The highest BCUT2D eigenvalue weighted by atomic mass is 79.9. The smallest absolute Gasteiger partial charge is 0.346 e. The van der Waals surface area contributed by atoms with E-state index in [1.165, 1.54) is 24.7 Å². The first-order valence-corrected chi connectivity index (χ1v) is 8.38. The Morgan fingerprint density at radius 3 is 2.50 bits per heavy atom. The maximum atomic E-state index is 12.5. The van der Waals surface area contributed by atoms with Crippen molar-refractivity contribution in [1.29, 1.82) is 0 Å². The highest BCUT2D eigenvalue weighted by Gasteiger charge is 2.20. The van der Waals surface area contributed by atoms with Gasteiger partial charge in [-0.3, -0.25) is 9.20 Å². The first-order chi connectivity index (χ1) is 12.5. The van der Waals surface area contributed by atoms with Gasteiger partial charge in [0, 0.05) is 16.7 Å². The van der Waals surface area contributed by atoms with Crippen molar-refractivity contribution in [3.8, 4) is 11.5 Å². The molecule has 7 nitrogen and oxygen atoms in total. The van der Waals surface area contributed by atoms with E-state index in [4.69, 9.17) is 14.2 Å².